The smallest absolute Gasteiger partial charge is 0.113 e. The molecule has 74 heavy (non-hydrogen) atoms. The zero-order chi connectivity index (χ0) is 50.7. The molecule has 0 aliphatic heterocycles. The van der Waals surface area contributed by atoms with Crippen molar-refractivity contribution in [1.82, 2.24) is 17.5 Å². The van der Waals surface area contributed by atoms with E-state index in [9.17, 15) is 0 Å². The maximum atomic E-state index is 5.15. The number of benzene rings is 6. The monoisotopic (exact) mass is 1020 g/mol. The topological polar surface area (TPSA) is 51.6 Å². The zero-order valence-electron chi connectivity index (χ0n) is 45.6. The van der Waals surface area contributed by atoms with Crippen LogP contribution in [0.4, 0.5) is 0 Å². The van der Waals surface area contributed by atoms with Gasteiger partial charge in [-0.2, -0.15) is 17.5 Å². The summed E-state index contributed by atoms with van der Waals surface area (Å²) in [7, 11) is 0. The number of nitrogens with zero attached hydrogens (tertiary/aromatic N) is 4. The lowest BCUT2D eigenvalue weighted by molar-refractivity contribution is 0.398. The molecule has 10 rings (SSSR count). The van der Waals surface area contributed by atoms with Gasteiger partial charge in [0.15, 0.2) is 0 Å². The quantitative estimate of drug-likeness (QED) is 0.0421. The van der Waals surface area contributed by atoms with Crippen LogP contribution in [0.15, 0.2) is 97.1 Å². The molecule has 6 aromatic carbocycles. The van der Waals surface area contributed by atoms with E-state index >= 15 is 0 Å². The van der Waals surface area contributed by atoms with Crippen molar-refractivity contribution in [3.63, 3.8) is 0 Å². The molecule has 2 aliphatic rings. The Morgan fingerprint density at radius 1 is 0.297 bits per heavy atom. The molecule has 0 radical (unpaired) electrons. The molecule has 0 fully saturated rings. The van der Waals surface area contributed by atoms with E-state index in [4.69, 9.17) is 17.5 Å². The van der Waals surface area contributed by atoms with Crippen molar-refractivity contribution < 1.29 is 0 Å². The summed E-state index contributed by atoms with van der Waals surface area (Å²) in [6.07, 6.45) is 36.4. The molecule has 0 spiro atoms. The van der Waals surface area contributed by atoms with E-state index in [0.29, 0.717) is 0 Å². The zero-order valence-corrected chi connectivity index (χ0v) is 47.3. The molecule has 388 valence electrons. The fraction of sp³-hybridized carbons (Fsp3) is 0.500. The van der Waals surface area contributed by atoms with E-state index in [1.807, 2.05) is 0 Å². The van der Waals surface area contributed by atoms with Crippen LogP contribution in [0, 0.1) is 0 Å². The van der Waals surface area contributed by atoms with Crippen LogP contribution >= 0.6 is 23.5 Å². The fourth-order valence-corrected chi connectivity index (χ4v) is 15.0. The number of unbranched alkanes of at least 4 members (excludes halogenated alkanes) is 20. The second-order valence-electron chi connectivity index (χ2n) is 22.7. The Morgan fingerprint density at radius 3 is 0.973 bits per heavy atom. The summed E-state index contributed by atoms with van der Waals surface area (Å²) in [5, 5.41) is 2.24. The maximum Gasteiger partial charge on any atom is 0.113 e. The number of rotatable bonds is 30. The minimum atomic E-state index is 0.00677. The first kappa shape index (κ1) is 52.7. The SMILES string of the molecule is CCCCCCCCC1(CCCCCCCC)c2ccccc2-c2ccc(-c3cc4c(cc(-c5ccc6c(c5)C(CCCCCCCC)(CCCCCCCC)c5ccccc5-6)c5nsnc54)c4nsnc34)cc21. The van der Waals surface area contributed by atoms with E-state index < -0.39 is 0 Å². The lowest BCUT2D eigenvalue weighted by Crippen LogP contribution is -2.25. The van der Waals surface area contributed by atoms with Crippen LogP contribution in [0.1, 0.15) is 230 Å². The van der Waals surface area contributed by atoms with Crippen molar-refractivity contribution in [1.29, 1.82) is 0 Å². The van der Waals surface area contributed by atoms with Crippen LogP contribution in [-0.4, -0.2) is 17.5 Å². The van der Waals surface area contributed by atoms with Gasteiger partial charge < -0.3 is 0 Å². The van der Waals surface area contributed by atoms with Crippen molar-refractivity contribution in [2.45, 2.75) is 218 Å². The van der Waals surface area contributed by atoms with Crippen molar-refractivity contribution >= 4 is 56.3 Å². The van der Waals surface area contributed by atoms with Gasteiger partial charge >= 0.3 is 0 Å². The van der Waals surface area contributed by atoms with E-state index in [1.165, 1.54) is 248 Å². The van der Waals surface area contributed by atoms with Crippen molar-refractivity contribution in [2.24, 2.45) is 0 Å². The molecule has 6 heteroatoms. The highest BCUT2D eigenvalue weighted by molar-refractivity contribution is 7.00. The van der Waals surface area contributed by atoms with E-state index in [1.54, 1.807) is 11.1 Å². The molecule has 0 saturated carbocycles. The third-order valence-corrected chi connectivity index (χ3v) is 18.9. The molecule has 0 bridgehead atoms. The minimum absolute atomic E-state index is 0.00677. The van der Waals surface area contributed by atoms with E-state index in [-0.39, 0.29) is 10.8 Å². The average molecular weight is 1020 g/mol. The van der Waals surface area contributed by atoms with Gasteiger partial charge in [0.2, 0.25) is 0 Å². The predicted molar refractivity (Wildman–Crippen MR) is 321 cm³/mol. The predicted octanol–water partition coefficient (Wildman–Crippen LogP) is 21.7. The molecule has 0 saturated heterocycles. The van der Waals surface area contributed by atoms with E-state index in [2.05, 4.69) is 125 Å². The van der Waals surface area contributed by atoms with Crippen LogP contribution in [0.25, 0.3) is 77.3 Å². The molecular weight excluding hydrogens is 937 g/mol. The van der Waals surface area contributed by atoms with Crippen molar-refractivity contribution in [2.75, 3.05) is 0 Å². The fourth-order valence-electron chi connectivity index (χ4n) is 13.9. The molecule has 8 aromatic rings. The van der Waals surface area contributed by atoms with Gasteiger partial charge in [0, 0.05) is 32.7 Å². The van der Waals surface area contributed by atoms with Gasteiger partial charge in [-0.25, -0.2) is 0 Å². The van der Waals surface area contributed by atoms with Gasteiger partial charge in [-0.15, -0.1) is 0 Å². The summed E-state index contributed by atoms with van der Waals surface area (Å²) in [6.45, 7) is 9.29. The molecule has 2 aromatic heterocycles. The molecule has 0 atom stereocenters. The second-order valence-corrected chi connectivity index (χ2v) is 23.8. The molecule has 0 N–H and O–H groups in total. The summed E-state index contributed by atoms with van der Waals surface area (Å²) >= 11 is 2.68. The Labute approximate surface area is 453 Å². The largest absolute Gasteiger partial charge is 0.172 e. The minimum Gasteiger partial charge on any atom is -0.172 e. The van der Waals surface area contributed by atoms with Gasteiger partial charge in [0.05, 0.1) is 23.5 Å². The number of aromatic nitrogens is 4. The average Bonchev–Trinajstić information content (AvgIpc) is 4.26. The van der Waals surface area contributed by atoms with Gasteiger partial charge in [-0.05, 0) is 106 Å². The Hall–Kier alpha value is -4.78. The number of fused-ring (bicyclic) bond motifs is 11. The molecule has 4 nitrogen and oxygen atoms in total. The lowest BCUT2D eigenvalue weighted by Gasteiger charge is -2.33. The Bertz CT molecular complexity index is 2880. The van der Waals surface area contributed by atoms with Crippen LogP contribution in [0.2, 0.25) is 0 Å². The third kappa shape index (κ3) is 10.5. The molecule has 2 heterocycles. The van der Waals surface area contributed by atoms with Gasteiger partial charge in [-0.3, -0.25) is 0 Å². The van der Waals surface area contributed by atoms with Crippen LogP contribution < -0.4 is 0 Å². The Balaban J connectivity index is 1.04. The second kappa shape index (κ2) is 24.9. The van der Waals surface area contributed by atoms with Crippen LogP contribution in [0.3, 0.4) is 0 Å². The van der Waals surface area contributed by atoms with E-state index in [0.717, 1.165) is 44.0 Å². The van der Waals surface area contributed by atoms with Gasteiger partial charge in [-0.1, -0.05) is 255 Å². The molecule has 0 amide bonds. The summed E-state index contributed by atoms with van der Waals surface area (Å²) in [4.78, 5) is 0. The number of hydrogen-bond acceptors (Lipinski definition) is 6. The standard InChI is InChI=1S/C68H84N4S2/c1-5-9-13-17-21-29-41-67(42-30-22-18-14-10-6-2)59-35-27-25-33-51(59)53-39-37-49(45-61(53)67)55-47-57-58(65-63(55)69-73-71-65)48-56(64-66(57)72-74-70-64)50-38-40-54-52-34-26-28-36-60(52)68(62(54)46-50,43-31-23-19-15-11-7-3)44-32-24-20-16-12-8-4/h25-28,33-40,45-48H,5-24,29-32,41-44H2,1-4H3. The van der Waals surface area contributed by atoms with Gasteiger partial charge in [0.25, 0.3) is 0 Å². The third-order valence-electron chi connectivity index (χ3n) is 17.9. The summed E-state index contributed by atoms with van der Waals surface area (Å²) in [6, 6.07) is 38.4. The van der Waals surface area contributed by atoms with Gasteiger partial charge in [0.1, 0.15) is 22.1 Å². The highest BCUT2D eigenvalue weighted by Gasteiger charge is 2.44. The van der Waals surface area contributed by atoms with Crippen molar-refractivity contribution in [3.8, 4) is 44.5 Å². The summed E-state index contributed by atoms with van der Waals surface area (Å²) in [5.74, 6) is 0. The molecule has 2 aliphatic carbocycles. The Morgan fingerprint density at radius 2 is 0.608 bits per heavy atom. The summed E-state index contributed by atoms with van der Waals surface area (Å²) in [5.41, 5.74) is 20.6. The van der Waals surface area contributed by atoms with Crippen molar-refractivity contribution in [3.05, 3.63) is 119 Å². The lowest BCUT2D eigenvalue weighted by atomic mass is 9.70. The normalized spacial score (nSPS) is 14.1. The highest BCUT2D eigenvalue weighted by atomic mass is 32.1. The first-order chi connectivity index (χ1) is 36.6. The molecule has 0 unspecified atom stereocenters. The van der Waals surface area contributed by atoms with Crippen LogP contribution in [0.5, 0.6) is 0 Å². The molecular formula is C68H84N4S2. The highest BCUT2D eigenvalue weighted by Crippen LogP contribution is 2.57. The van der Waals surface area contributed by atoms with Crippen LogP contribution in [-0.2, 0) is 10.8 Å². The first-order valence-corrected chi connectivity index (χ1v) is 31.4. The first-order valence-electron chi connectivity index (χ1n) is 29.9. The number of hydrogen-bond donors (Lipinski definition) is 0. The summed E-state index contributed by atoms with van der Waals surface area (Å²) < 4.78 is 20.6. The Kier molecular flexibility index (Phi) is 17.7. The maximum absolute atomic E-state index is 5.15.